The normalized spacial score (nSPS) is 12.0. The SMILES string of the molecule is Cn1cc2c(=O)n(C)cc(-c3nc4c(ccn4S(C)(=O)=O)cc3Nc3ccc(Cl)cc3F)c2n1. The van der Waals surface area contributed by atoms with Crippen molar-refractivity contribution in [2.45, 2.75) is 0 Å². The van der Waals surface area contributed by atoms with E-state index in [1.165, 1.54) is 27.6 Å². The topological polar surface area (TPSA) is 104 Å². The van der Waals surface area contributed by atoms with Gasteiger partial charge in [0.1, 0.15) is 11.3 Å². The first-order chi connectivity index (χ1) is 16.0. The smallest absolute Gasteiger partial charge is 0.261 e. The van der Waals surface area contributed by atoms with Crippen LogP contribution in [0.15, 0.2) is 53.7 Å². The molecule has 9 nitrogen and oxygen atoms in total. The summed E-state index contributed by atoms with van der Waals surface area (Å²) < 4.78 is 43.2. The number of pyridine rings is 2. The van der Waals surface area contributed by atoms with E-state index in [0.717, 1.165) is 10.2 Å². The Labute approximate surface area is 198 Å². The van der Waals surface area contributed by atoms with Crippen LogP contribution in [0.5, 0.6) is 0 Å². The van der Waals surface area contributed by atoms with E-state index >= 15 is 0 Å². The quantitative estimate of drug-likeness (QED) is 0.404. The fraction of sp³-hybridized carbons (Fsp3) is 0.136. The third-order valence-corrected chi connectivity index (χ3v) is 6.64. The predicted molar refractivity (Wildman–Crippen MR) is 130 cm³/mol. The largest absolute Gasteiger partial charge is 0.351 e. The maximum atomic E-state index is 14.6. The molecule has 4 aromatic heterocycles. The molecule has 0 bridgehead atoms. The first-order valence-electron chi connectivity index (χ1n) is 10.0. The summed E-state index contributed by atoms with van der Waals surface area (Å²) >= 11 is 5.89. The maximum Gasteiger partial charge on any atom is 0.261 e. The molecule has 34 heavy (non-hydrogen) atoms. The molecule has 1 aromatic carbocycles. The van der Waals surface area contributed by atoms with Crippen molar-refractivity contribution in [2.24, 2.45) is 14.1 Å². The third-order valence-electron chi connectivity index (χ3n) is 5.40. The van der Waals surface area contributed by atoms with Gasteiger partial charge in [0.05, 0.1) is 28.7 Å². The van der Waals surface area contributed by atoms with E-state index in [9.17, 15) is 17.6 Å². The highest BCUT2D eigenvalue weighted by molar-refractivity contribution is 7.89. The zero-order chi connectivity index (χ0) is 24.4. The molecule has 4 heterocycles. The van der Waals surface area contributed by atoms with Gasteiger partial charge in [-0.1, -0.05) is 11.6 Å². The minimum atomic E-state index is -3.64. The molecule has 0 fully saturated rings. The van der Waals surface area contributed by atoms with Crippen LogP contribution in [0.4, 0.5) is 15.8 Å². The van der Waals surface area contributed by atoms with Crippen LogP contribution < -0.4 is 10.9 Å². The Bertz CT molecular complexity index is 1790. The summed E-state index contributed by atoms with van der Waals surface area (Å²) in [5, 5.41) is 8.60. The second kappa shape index (κ2) is 7.67. The lowest BCUT2D eigenvalue weighted by atomic mass is 10.1. The van der Waals surface area contributed by atoms with Gasteiger partial charge in [-0.15, -0.1) is 0 Å². The highest BCUT2D eigenvalue weighted by Gasteiger charge is 2.21. The minimum absolute atomic E-state index is 0.149. The number of halogens is 2. The first kappa shape index (κ1) is 22.1. The molecule has 1 N–H and O–H groups in total. The number of rotatable bonds is 4. The molecule has 174 valence electrons. The average Bonchev–Trinajstić information content (AvgIpc) is 3.35. The Morgan fingerprint density at radius 2 is 1.85 bits per heavy atom. The molecular formula is C22H18ClFN6O3S. The van der Waals surface area contributed by atoms with Crippen molar-refractivity contribution in [1.29, 1.82) is 0 Å². The van der Waals surface area contributed by atoms with E-state index in [4.69, 9.17) is 11.6 Å². The molecule has 5 aromatic rings. The van der Waals surface area contributed by atoms with Gasteiger partial charge in [0, 0.05) is 48.7 Å². The van der Waals surface area contributed by atoms with Crippen molar-refractivity contribution in [3.05, 3.63) is 70.1 Å². The van der Waals surface area contributed by atoms with Gasteiger partial charge in [-0.05, 0) is 30.3 Å². The highest BCUT2D eigenvalue weighted by Crippen LogP contribution is 2.36. The molecule has 0 aliphatic carbocycles. The van der Waals surface area contributed by atoms with Gasteiger partial charge in [-0.25, -0.2) is 21.8 Å². The van der Waals surface area contributed by atoms with E-state index in [1.54, 1.807) is 44.7 Å². The zero-order valence-electron chi connectivity index (χ0n) is 18.2. The Kier molecular flexibility index (Phi) is 4.99. The van der Waals surface area contributed by atoms with Crippen LogP contribution >= 0.6 is 11.6 Å². The van der Waals surface area contributed by atoms with Crippen LogP contribution in [0, 0.1) is 5.82 Å². The van der Waals surface area contributed by atoms with Crippen LogP contribution in [0.3, 0.4) is 0 Å². The van der Waals surface area contributed by atoms with Crippen molar-refractivity contribution in [3.63, 3.8) is 0 Å². The molecule has 0 radical (unpaired) electrons. The summed E-state index contributed by atoms with van der Waals surface area (Å²) in [4.78, 5) is 17.3. The summed E-state index contributed by atoms with van der Waals surface area (Å²) in [6.45, 7) is 0. The summed E-state index contributed by atoms with van der Waals surface area (Å²) in [6, 6.07) is 7.49. The fourth-order valence-electron chi connectivity index (χ4n) is 3.86. The number of benzene rings is 1. The third kappa shape index (κ3) is 3.62. The standard InChI is InChI=1S/C22H18ClFN6O3S/c1-28-10-14(19-15(22(28)31)11-29(2)27-19)20-18(25-17-5-4-13(23)9-16(17)24)8-12-6-7-30(21(12)26-20)34(3,32)33/h4-11,25H,1-3H3. The van der Waals surface area contributed by atoms with E-state index in [0.29, 0.717) is 33.2 Å². The van der Waals surface area contributed by atoms with Crippen LogP contribution in [0.2, 0.25) is 5.02 Å². The summed E-state index contributed by atoms with van der Waals surface area (Å²) in [6.07, 6.45) is 5.65. The molecule has 0 saturated carbocycles. The minimum Gasteiger partial charge on any atom is -0.351 e. The molecule has 0 unspecified atom stereocenters. The first-order valence-corrected chi connectivity index (χ1v) is 12.2. The summed E-state index contributed by atoms with van der Waals surface area (Å²) in [5.74, 6) is -0.573. The highest BCUT2D eigenvalue weighted by atomic mass is 35.5. The van der Waals surface area contributed by atoms with Crippen molar-refractivity contribution < 1.29 is 12.8 Å². The Morgan fingerprint density at radius 1 is 1.09 bits per heavy atom. The predicted octanol–water partition coefficient (Wildman–Crippen LogP) is 3.63. The molecule has 0 aliphatic heterocycles. The number of nitrogens with zero attached hydrogens (tertiary/aromatic N) is 5. The van der Waals surface area contributed by atoms with Crippen molar-refractivity contribution >= 4 is 54.9 Å². The second-order valence-corrected chi connectivity index (χ2v) is 10.2. The molecule has 0 saturated heterocycles. The van der Waals surface area contributed by atoms with Crippen LogP contribution in [0.1, 0.15) is 0 Å². The van der Waals surface area contributed by atoms with Crippen molar-refractivity contribution in [2.75, 3.05) is 11.6 Å². The van der Waals surface area contributed by atoms with E-state index in [1.807, 2.05) is 0 Å². The zero-order valence-corrected chi connectivity index (χ0v) is 19.8. The van der Waals surface area contributed by atoms with Crippen LogP contribution in [-0.4, -0.2) is 38.0 Å². The lowest BCUT2D eigenvalue weighted by molar-refractivity contribution is 0.595. The molecule has 0 amide bonds. The molecule has 0 aliphatic rings. The Hall–Kier alpha value is -3.70. The number of nitrogens with one attached hydrogen (secondary N) is 1. The monoisotopic (exact) mass is 500 g/mol. The maximum absolute atomic E-state index is 14.6. The van der Waals surface area contributed by atoms with Crippen molar-refractivity contribution in [3.8, 4) is 11.3 Å². The summed E-state index contributed by atoms with van der Waals surface area (Å²) in [7, 11) is -0.347. The molecule has 0 atom stereocenters. The van der Waals surface area contributed by atoms with Crippen molar-refractivity contribution in [1.82, 2.24) is 23.3 Å². The Balaban J connectivity index is 1.85. The second-order valence-electron chi connectivity index (χ2n) is 7.94. The van der Waals surface area contributed by atoms with Gasteiger partial charge >= 0.3 is 0 Å². The fourth-order valence-corrected chi connectivity index (χ4v) is 4.76. The van der Waals surface area contributed by atoms with E-state index < -0.39 is 15.8 Å². The number of aryl methyl sites for hydroxylation is 2. The van der Waals surface area contributed by atoms with Gasteiger partial charge in [0.25, 0.3) is 5.56 Å². The number of fused-ring (bicyclic) bond motifs is 2. The van der Waals surface area contributed by atoms with Crippen LogP contribution in [-0.2, 0) is 24.1 Å². The van der Waals surface area contributed by atoms with Gasteiger partial charge < -0.3 is 9.88 Å². The molecule has 0 spiro atoms. The number of aromatic nitrogens is 5. The van der Waals surface area contributed by atoms with Gasteiger partial charge in [0.15, 0.2) is 5.65 Å². The number of hydrogen-bond donors (Lipinski definition) is 1. The Morgan fingerprint density at radius 3 is 2.56 bits per heavy atom. The summed E-state index contributed by atoms with van der Waals surface area (Å²) in [5.41, 5.74) is 1.64. The van der Waals surface area contributed by atoms with Gasteiger partial charge in [0.2, 0.25) is 10.0 Å². The number of anilines is 2. The molecular weight excluding hydrogens is 483 g/mol. The van der Waals surface area contributed by atoms with Gasteiger partial charge in [-0.2, -0.15) is 5.10 Å². The van der Waals surface area contributed by atoms with E-state index in [2.05, 4.69) is 15.4 Å². The lowest BCUT2D eigenvalue weighted by Crippen LogP contribution is -2.16. The average molecular weight is 501 g/mol. The molecule has 5 rings (SSSR count). The molecule has 12 heteroatoms. The van der Waals surface area contributed by atoms with Crippen LogP contribution in [0.25, 0.3) is 33.2 Å². The van der Waals surface area contributed by atoms with Gasteiger partial charge in [-0.3, -0.25) is 9.48 Å². The number of hydrogen-bond acceptors (Lipinski definition) is 6. The van der Waals surface area contributed by atoms with E-state index in [-0.39, 0.29) is 21.9 Å². The lowest BCUT2D eigenvalue weighted by Gasteiger charge is -2.15.